The molecule has 4 nitrogen and oxygen atoms in total. The molecule has 0 aliphatic carbocycles. The number of benzene rings is 1. The first-order chi connectivity index (χ1) is 11.3. The topological polar surface area (TPSA) is 44.9 Å². The van der Waals surface area contributed by atoms with Crippen molar-refractivity contribution in [2.24, 2.45) is 10.7 Å². The maximum atomic E-state index is 6.12. The molecule has 0 saturated carbocycles. The van der Waals surface area contributed by atoms with Gasteiger partial charge in [0, 0.05) is 19.6 Å². The van der Waals surface area contributed by atoms with E-state index in [1.807, 2.05) is 0 Å². The van der Waals surface area contributed by atoms with Crippen LogP contribution < -0.4 is 5.73 Å². The molecule has 3 rings (SSSR count). The Morgan fingerprint density at radius 1 is 0.826 bits per heavy atom. The fourth-order valence-electron chi connectivity index (χ4n) is 3.52. The van der Waals surface area contributed by atoms with E-state index in [0.717, 1.165) is 19.6 Å². The van der Waals surface area contributed by atoms with Crippen LogP contribution in [0.2, 0.25) is 0 Å². The van der Waals surface area contributed by atoms with Crippen LogP contribution in [0.5, 0.6) is 0 Å². The Morgan fingerprint density at radius 3 is 2.04 bits per heavy atom. The summed E-state index contributed by atoms with van der Waals surface area (Å²) in [5, 5.41) is 0. The second-order valence-corrected chi connectivity index (χ2v) is 6.88. The monoisotopic (exact) mass is 314 g/mol. The van der Waals surface area contributed by atoms with Crippen molar-refractivity contribution in [2.75, 3.05) is 26.2 Å². The summed E-state index contributed by atoms with van der Waals surface area (Å²) in [5.74, 6) is 0.710. The second-order valence-electron chi connectivity index (χ2n) is 6.88. The van der Waals surface area contributed by atoms with Gasteiger partial charge in [0.2, 0.25) is 0 Å². The van der Waals surface area contributed by atoms with Gasteiger partial charge in [0.15, 0.2) is 5.96 Å². The number of hydrogen-bond acceptors (Lipinski definition) is 2. The molecule has 0 aromatic heterocycles. The molecule has 2 N–H and O–H groups in total. The number of rotatable bonds is 4. The van der Waals surface area contributed by atoms with Crippen LogP contribution in [0.15, 0.2) is 29.3 Å². The van der Waals surface area contributed by atoms with Gasteiger partial charge in [-0.25, -0.2) is 4.99 Å². The largest absolute Gasteiger partial charge is 0.370 e. The molecule has 2 aliphatic heterocycles. The summed E-state index contributed by atoms with van der Waals surface area (Å²) in [5.41, 5.74) is 8.77. The number of likely N-dealkylation sites (tertiary alicyclic amines) is 2. The van der Waals surface area contributed by atoms with Crippen LogP contribution in [-0.4, -0.2) is 41.9 Å². The van der Waals surface area contributed by atoms with E-state index in [1.54, 1.807) is 0 Å². The summed E-state index contributed by atoms with van der Waals surface area (Å²) in [6, 6.07) is 8.89. The molecule has 23 heavy (non-hydrogen) atoms. The van der Waals surface area contributed by atoms with Gasteiger partial charge in [-0.2, -0.15) is 0 Å². The van der Waals surface area contributed by atoms with Crippen LogP contribution in [0, 0.1) is 0 Å². The summed E-state index contributed by atoms with van der Waals surface area (Å²) < 4.78 is 0. The van der Waals surface area contributed by atoms with Crippen molar-refractivity contribution in [2.45, 2.75) is 51.6 Å². The van der Waals surface area contributed by atoms with E-state index in [1.165, 1.54) is 62.7 Å². The highest BCUT2D eigenvalue weighted by Crippen LogP contribution is 2.14. The maximum absolute atomic E-state index is 6.12. The van der Waals surface area contributed by atoms with Crippen LogP contribution in [0.3, 0.4) is 0 Å². The zero-order chi connectivity index (χ0) is 15.9. The first-order valence-electron chi connectivity index (χ1n) is 9.16. The fraction of sp³-hybridized carbons (Fsp3) is 0.632. The van der Waals surface area contributed by atoms with Gasteiger partial charge < -0.3 is 10.6 Å². The fourth-order valence-corrected chi connectivity index (χ4v) is 3.52. The Kier molecular flexibility index (Phi) is 5.92. The molecule has 2 heterocycles. The van der Waals surface area contributed by atoms with Crippen LogP contribution in [0.4, 0.5) is 0 Å². The minimum Gasteiger partial charge on any atom is -0.370 e. The molecule has 2 saturated heterocycles. The zero-order valence-corrected chi connectivity index (χ0v) is 14.2. The van der Waals surface area contributed by atoms with Crippen molar-refractivity contribution in [3.8, 4) is 0 Å². The normalized spacial score (nSPS) is 20.7. The Bertz CT molecular complexity index is 497. The third-order valence-electron chi connectivity index (χ3n) is 4.98. The highest BCUT2D eigenvalue weighted by atomic mass is 15.2. The third-order valence-corrected chi connectivity index (χ3v) is 4.98. The van der Waals surface area contributed by atoms with Crippen LogP contribution >= 0.6 is 0 Å². The number of nitrogens with zero attached hydrogens (tertiary/aromatic N) is 3. The average Bonchev–Trinajstić information content (AvgIpc) is 2.62. The molecule has 2 aliphatic rings. The summed E-state index contributed by atoms with van der Waals surface area (Å²) >= 11 is 0. The van der Waals surface area contributed by atoms with Crippen molar-refractivity contribution in [3.05, 3.63) is 35.4 Å². The van der Waals surface area contributed by atoms with Crippen molar-refractivity contribution < 1.29 is 0 Å². The van der Waals surface area contributed by atoms with Gasteiger partial charge in [0.05, 0.1) is 6.54 Å². The minimum atomic E-state index is 0.687. The van der Waals surface area contributed by atoms with Crippen molar-refractivity contribution in [3.63, 3.8) is 0 Å². The van der Waals surface area contributed by atoms with Gasteiger partial charge in [-0.15, -0.1) is 0 Å². The van der Waals surface area contributed by atoms with Gasteiger partial charge in [0.25, 0.3) is 0 Å². The summed E-state index contributed by atoms with van der Waals surface area (Å²) in [6.45, 7) is 6.39. The molecule has 1 aromatic carbocycles. The van der Waals surface area contributed by atoms with Crippen LogP contribution in [0.25, 0.3) is 0 Å². The Balaban J connectivity index is 1.50. The molecular weight excluding hydrogens is 284 g/mol. The van der Waals surface area contributed by atoms with E-state index < -0.39 is 0 Å². The smallest absolute Gasteiger partial charge is 0.191 e. The predicted octanol–water partition coefficient (Wildman–Crippen LogP) is 2.97. The lowest BCUT2D eigenvalue weighted by Crippen LogP contribution is -2.40. The lowest BCUT2D eigenvalue weighted by atomic mass is 10.1. The van der Waals surface area contributed by atoms with Crippen LogP contribution in [-0.2, 0) is 13.1 Å². The zero-order valence-electron chi connectivity index (χ0n) is 14.2. The van der Waals surface area contributed by atoms with E-state index in [9.17, 15) is 0 Å². The van der Waals surface area contributed by atoms with Gasteiger partial charge in [0.1, 0.15) is 0 Å². The molecule has 2 fully saturated rings. The van der Waals surface area contributed by atoms with Gasteiger partial charge >= 0.3 is 0 Å². The van der Waals surface area contributed by atoms with E-state index in [2.05, 4.69) is 39.1 Å². The molecule has 4 heteroatoms. The number of guanidine groups is 1. The average molecular weight is 314 g/mol. The molecule has 1 aromatic rings. The van der Waals surface area contributed by atoms with Gasteiger partial charge in [-0.3, -0.25) is 4.90 Å². The first-order valence-corrected chi connectivity index (χ1v) is 9.16. The van der Waals surface area contributed by atoms with E-state index in [4.69, 9.17) is 5.73 Å². The molecule has 0 unspecified atom stereocenters. The Labute approximate surface area is 140 Å². The molecule has 0 bridgehead atoms. The van der Waals surface area contributed by atoms with Gasteiger partial charge in [-0.1, -0.05) is 30.7 Å². The summed E-state index contributed by atoms with van der Waals surface area (Å²) in [6.07, 6.45) is 7.89. The molecular formula is C19H30N4. The second kappa shape index (κ2) is 8.34. The Hall–Kier alpha value is -1.55. The van der Waals surface area contributed by atoms with E-state index in [-0.39, 0.29) is 0 Å². The van der Waals surface area contributed by atoms with E-state index in [0.29, 0.717) is 12.5 Å². The lowest BCUT2D eigenvalue weighted by Gasteiger charge is -2.27. The SMILES string of the molecule is NC(=NCc1ccc(CN2CCCCC2)cc1)N1CCCCC1. The molecule has 0 radical (unpaired) electrons. The number of nitrogens with two attached hydrogens (primary N) is 1. The minimum absolute atomic E-state index is 0.687. The standard InChI is InChI=1S/C19H30N4/c20-19(23-13-5-2-6-14-23)21-15-17-7-9-18(10-8-17)16-22-11-3-1-4-12-22/h7-10H,1-6,11-16H2,(H2,20,21). The van der Waals surface area contributed by atoms with Crippen LogP contribution in [0.1, 0.15) is 49.7 Å². The third kappa shape index (κ3) is 4.96. The van der Waals surface area contributed by atoms with Crippen molar-refractivity contribution in [1.82, 2.24) is 9.80 Å². The molecule has 126 valence electrons. The molecule has 0 atom stereocenters. The molecule has 0 spiro atoms. The Morgan fingerprint density at radius 2 is 1.39 bits per heavy atom. The molecule has 0 amide bonds. The summed E-state index contributed by atoms with van der Waals surface area (Å²) in [7, 11) is 0. The number of aliphatic imine (C=N–C) groups is 1. The van der Waals surface area contributed by atoms with Crippen molar-refractivity contribution >= 4 is 5.96 Å². The van der Waals surface area contributed by atoms with Gasteiger partial charge in [-0.05, 0) is 56.3 Å². The summed E-state index contributed by atoms with van der Waals surface area (Å²) in [4.78, 5) is 9.35. The number of hydrogen-bond donors (Lipinski definition) is 1. The lowest BCUT2D eigenvalue weighted by molar-refractivity contribution is 0.221. The number of piperidine rings is 2. The van der Waals surface area contributed by atoms with Crippen molar-refractivity contribution in [1.29, 1.82) is 0 Å². The quantitative estimate of drug-likeness (QED) is 0.686. The predicted molar refractivity (Wildman–Crippen MR) is 96.3 cm³/mol. The first kappa shape index (κ1) is 16.3. The highest BCUT2D eigenvalue weighted by Gasteiger charge is 2.12. The maximum Gasteiger partial charge on any atom is 0.191 e. The highest BCUT2D eigenvalue weighted by molar-refractivity contribution is 5.78. The van der Waals surface area contributed by atoms with E-state index >= 15 is 0 Å².